The van der Waals surface area contributed by atoms with E-state index >= 15 is 0 Å². The third kappa shape index (κ3) is 6.46. The number of rotatable bonds is 9. The van der Waals surface area contributed by atoms with Gasteiger partial charge in [-0.25, -0.2) is 19.9 Å². The third-order valence-corrected chi connectivity index (χ3v) is 5.60. The number of hydrogen-bond donors (Lipinski definition) is 4. The first-order valence-corrected chi connectivity index (χ1v) is 11.6. The van der Waals surface area contributed by atoms with Gasteiger partial charge in [-0.1, -0.05) is 23.2 Å². The van der Waals surface area contributed by atoms with E-state index < -0.39 is 4.92 Å². The molecule has 1 fully saturated rings. The van der Waals surface area contributed by atoms with Gasteiger partial charge >= 0.3 is 5.69 Å². The average molecular weight is 516 g/mol. The minimum atomic E-state index is -0.577. The molecule has 2 heterocycles. The average Bonchev–Trinajstić information content (AvgIpc) is 3.61. The smallest absolute Gasteiger partial charge is 0.311 e. The molecule has 5 N–H and O–H groups in total. The highest BCUT2D eigenvalue weighted by molar-refractivity contribution is 6.36. The molecule has 0 saturated heterocycles. The number of pyridine rings is 1. The molecule has 11 nitrogen and oxygen atoms in total. The molecule has 3 aromatic rings. The number of nitrogen functional groups attached to an aromatic ring is 1. The van der Waals surface area contributed by atoms with Crippen molar-refractivity contribution in [1.29, 1.82) is 0 Å². The monoisotopic (exact) mass is 515 g/mol. The van der Waals surface area contributed by atoms with Crippen LogP contribution < -0.4 is 21.7 Å². The number of nitrogens with two attached hydrogens (primary N) is 1. The van der Waals surface area contributed by atoms with Crippen LogP contribution in [0.1, 0.15) is 19.8 Å². The molecule has 1 aromatic carbocycles. The van der Waals surface area contributed by atoms with Gasteiger partial charge in [0.1, 0.15) is 17.2 Å². The lowest BCUT2D eigenvalue weighted by atomic mass is 10.1. The Bertz CT molecular complexity index is 1280. The van der Waals surface area contributed by atoms with Crippen molar-refractivity contribution in [2.24, 2.45) is 4.99 Å². The van der Waals surface area contributed by atoms with Crippen LogP contribution in [0, 0.1) is 10.1 Å². The Morgan fingerprint density at radius 1 is 1.20 bits per heavy atom. The minimum Gasteiger partial charge on any atom is -0.378 e. The molecule has 0 unspecified atom stereocenters. The van der Waals surface area contributed by atoms with E-state index in [1.54, 1.807) is 24.4 Å². The summed E-state index contributed by atoms with van der Waals surface area (Å²) < 4.78 is 0. The highest BCUT2D eigenvalue weighted by atomic mass is 35.5. The quantitative estimate of drug-likeness (QED) is 0.104. The van der Waals surface area contributed by atoms with Crippen molar-refractivity contribution in [2.45, 2.75) is 25.8 Å². The van der Waals surface area contributed by atoms with E-state index in [1.807, 2.05) is 6.92 Å². The fourth-order valence-electron chi connectivity index (χ4n) is 3.24. The molecule has 2 aromatic heterocycles. The molecule has 35 heavy (non-hydrogen) atoms. The van der Waals surface area contributed by atoms with Gasteiger partial charge in [-0.2, -0.15) is 0 Å². The molecule has 0 amide bonds. The summed E-state index contributed by atoms with van der Waals surface area (Å²) >= 11 is 12.5. The molecule has 0 atom stereocenters. The van der Waals surface area contributed by atoms with E-state index in [2.05, 4.69) is 35.9 Å². The van der Waals surface area contributed by atoms with Crippen molar-refractivity contribution in [3.05, 3.63) is 56.7 Å². The van der Waals surface area contributed by atoms with Crippen LogP contribution in [0.3, 0.4) is 0 Å². The number of aliphatic imine (C=N–C) groups is 1. The van der Waals surface area contributed by atoms with Gasteiger partial charge in [-0.05, 0) is 44.0 Å². The molecular weight excluding hydrogens is 493 g/mol. The molecule has 1 aliphatic carbocycles. The van der Waals surface area contributed by atoms with E-state index in [0.717, 1.165) is 18.7 Å². The third-order valence-electron chi connectivity index (χ3n) is 5.05. The lowest BCUT2D eigenvalue weighted by Gasteiger charge is -2.12. The number of nitrogens with zero attached hydrogens (tertiary/aromatic N) is 5. The number of benzene rings is 1. The second-order valence-electron chi connectivity index (χ2n) is 7.88. The highest BCUT2D eigenvalue weighted by Crippen LogP contribution is 2.35. The molecule has 4 rings (SSSR count). The second kappa shape index (κ2) is 10.7. The summed E-state index contributed by atoms with van der Waals surface area (Å²) in [5.74, 6) is 1.44. The molecule has 1 aliphatic rings. The van der Waals surface area contributed by atoms with Gasteiger partial charge in [-0.15, -0.1) is 0 Å². The van der Waals surface area contributed by atoms with Crippen LogP contribution in [0.15, 0.2) is 41.5 Å². The SMILES string of the molecule is C/C(=N/c1cnc(NCCNc2ccc([N+](=O)[O-])c(N)n2)nc1-c1ccc(Cl)cc1Cl)NC1CC1. The first-order valence-electron chi connectivity index (χ1n) is 10.8. The van der Waals surface area contributed by atoms with E-state index in [4.69, 9.17) is 28.9 Å². The van der Waals surface area contributed by atoms with Gasteiger partial charge in [0.25, 0.3) is 0 Å². The van der Waals surface area contributed by atoms with Crippen LogP contribution in [-0.4, -0.2) is 44.8 Å². The second-order valence-corrected chi connectivity index (χ2v) is 8.72. The topological polar surface area (TPSA) is 156 Å². The Kier molecular flexibility index (Phi) is 7.47. The molecule has 0 bridgehead atoms. The zero-order valence-electron chi connectivity index (χ0n) is 18.8. The van der Waals surface area contributed by atoms with Gasteiger partial charge in [0.05, 0.1) is 22.0 Å². The molecule has 182 valence electrons. The van der Waals surface area contributed by atoms with Gasteiger partial charge in [0, 0.05) is 35.8 Å². The fraction of sp³-hybridized carbons (Fsp3) is 0.273. The highest BCUT2D eigenvalue weighted by Gasteiger charge is 2.21. The number of halogens is 2. The first kappa shape index (κ1) is 24.4. The Balaban J connectivity index is 1.48. The summed E-state index contributed by atoms with van der Waals surface area (Å²) in [5, 5.41) is 21.4. The normalized spacial score (nSPS) is 13.4. The number of aromatic nitrogens is 3. The maximum atomic E-state index is 10.9. The van der Waals surface area contributed by atoms with Crippen LogP contribution in [0.25, 0.3) is 11.3 Å². The Hall–Kier alpha value is -3.70. The number of hydrogen-bond acceptors (Lipinski definition) is 9. The van der Waals surface area contributed by atoms with Crippen molar-refractivity contribution in [3.63, 3.8) is 0 Å². The van der Waals surface area contributed by atoms with Crippen molar-refractivity contribution in [2.75, 3.05) is 29.5 Å². The van der Waals surface area contributed by atoms with Crippen LogP contribution in [-0.2, 0) is 0 Å². The Labute approximate surface area is 211 Å². The molecule has 0 spiro atoms. The zero-order valence-corrected chi connectivity index (χ0v) is 20.3. The van der Waals surface area contributed by atoms with Crippen LogP contribution >= 0.6 is 23.2 Å². The largest absolute Gasteiger partial charge is 0.378 e. The molecule has 13 heteroatoms. The Morgan fingerprint density at radius 2 is 1.97 bits per heavy atom. The summed E-state index contributed by atoms with van der Waals surface area (Å²) in [7, 11) is 0. The molecule has 0 aliphatic heterocycles. The number of amidine groups is 1. The van der Waals surface area contributed by atoms with Crippen molar-refractivity contribution < 1.29 is 4.92 Å². The van der Waals surface area contributed by atoms with Gasteiger partial charge in [0.2, 0.25) is 11.8 Å². The van der Waals surface area contributed by atoms with E-state index in [9.17, 15) is 10.1 Å². The van der Waals surface area contributed by atoms with E-state index in [1.165, 1.54) is 12.1 Å². The fourth-order valence-corrected chi connectivity index (χ4v) is 3.74. The summed E-state index contributed by atoms with van der Waals surface area (Å²) in [6.07, 6.45) is 3.91. The minimum absolute atomic E-state index is 0.150. The molecule has 0 radical (unpaired) electrons. The summed E-state index contributed by atoms with van der Waals surface area (Å²) in [6.45, 7) is 2.79. The van der Waals surface area contributed by atoms with Gasteiger partial charge in [-0.3, -0.25) is 10.1 Å². The predicted molar refractivity (Wildman–Crippen MR) is 139 cm³/mol. The molecular formula is C22H23Cl2N9O2. The van der Waals surface area contributed by atoms with Crippen molar-refractivity contribution in [3.8, 4) is 11.3 Å². The van der Waals surface area contributed by atoms with Crippen molar-refractivity contribution in [1.82, 2.24) is 20.3 Å². The standard InChI is InChI=1S/C22H23Cl2N9O2/c1-12(29-14-3-4-14)30-17-11-28-22(32-20(17)15-5-2-13(23)10-16(15)24)27-9-8-26-19-7-6-18(33(34)35)21(25)31-19/h2,5-7,10-11,14H,3-4,8-9H2,1H3,(H,29,30)(H3,25,26,31)(H,27,28,32). The van der Waals surface area contributed by atoms with Crippen LogP contribution in [0.2, 0.25) is 10.0 Å². The van der Waals surface area contributed by atoms with E-state index in [-0.39, 0.29) is 11.5 Å². The summed E-state index contributed by atoms with van der Waals surface area (Å²) in [5.41, 5.74) is 7.22. The summed E-state index contributed by atoms with van der Waals surface area (Å²) in [6, 6.07) is 8.47. The number of nitrogens with one attached hydrogen (secondary N) is 3. The van der Waals surface area contributed by atoms with Gasteiger partial charge < -0.3 is 21.7 Å². The first-order chi connectivity index (χ1) is 16.8. The molecule has 1 saturated carbocycles. The van der Waals surface area contributed by atoms with Gasteiger partial charge in [0.15, 0.2) is 0 Å². The van der Waals surface area contributed by atoms with Crippen molar-refractivity contribution >= 4 is 58.0 Å². The predicted octanol–water partition coefficient (Wildman–Crippen LogP) is 4.66. The lowest BCUT2D eigenvalue weighted by Crippen LogP contribution is -2.22. The Morgan fingerprint density at radius 3 is 2.66 bits per heavy atom. The zero-order chi connectivity index (χ0) is 24.9. The summed E-state index contributed by atoms with van der Waals surface area (Å²) in [4.78, 5) is 28.0. The van der Waals surface area contributed by atoms with Crippen LogP contribution in [0.5, 0.6) is 0 Å². The van der Waals surface area contributed by atoms with E-state index in [0.29, 0.717) is 57.9 Å². The number of anilines is 3. The maximum absolute atomic E-state index is 10.9. The lowest BCUT2D eigenvalue weighted by molar-refractivity contribution is -0.384. The maximum Gasteiger partial charge on any atom is 0.311 e. The number of nitro groups is 1. The van der Waals surface area contributed by atoms with Crippen LogP contribution in [0.4, 0.5) is 29.0 Å².